The zero-order chi connectivity index (χ0) is 87.9. The van der Waals surface area contributed by atoms with Crippen molar-refractivity contribution in [1.29, 1.82) is 0 Å². The molecule has 18 heteroatoms. The summed E-state index contributed by atoms with van der Waals surface area (Å²) >= 11 is 0. The molecule has 0 aromatic heterocycles. The topological polar surface area (TPSA) is 231 Å². The number of rotatable bonds is 93. The summed E-state index contributed by atoms with van der Waals surface area (Å²) in [5, 5.41) is 20.8. The molecule has 0 bridgehead atoms. The van der Waals surface area contributed by atoms with Crippen LogP contribution >= 0.6 is 15.6 Å². The zero-order valence-electron chi connectivity index (χ0n) is 77.2. The van der Waals surface area contributed by atoms with Crippen LogP contribution in [0.2, 0.25) is 0 Å². The lowest BCUT2D eigenvalue weighted by molar-refractivity contribution is -0.161. The first-order chi connectivity index (χ1) is 59.2. The number of ether oxygens (including phenoxy) is 3. The monoisotopic (exact) mass is 1740 g/mol. The van der Waals surface area contributed by atoms with Crippen molar-refractivity contribution in [2.45, 2.75) is 450 Å². The molecule has 0 aliphatic heterocycles. The largest absolute Gasteiger partial charge is 0.472 e. The molecule has 4 N–H and O–H groups in total. The number of esters is 3. The fourth-order valence-corrected chi connectivity index (χ4v) is 15.1. The van der Waals surface area contributed by atoms with Crippen molar-refractivity contribution in [3.05, 3.63) is 146 Å². The van der Waals surface area contributed by atoms with E-state index in [4.69, 9.17) is 32.3 Å². The molecule has 0 aromatic carbocycles. The van der Waals surface area contributed by atoms with Crippen LogP contribution in [0.5, 0.6) is 0 Å². The Balaban J connectivity index is 4.55. The first kappa shape index (κ1) is 116. The van der Waals surface area contributed by atoms with Gasteiger partial charge in [0.25, 0.3) is 0 Å². The number of hydrogen-bond donors (Lipinski definition) is 4. The van der Waals surface area contributed by atoms with Gasteiger partial charge in [0.1, 0.15) is 25.4 Å². The molecular formula is C103H180O16P2. The van der Waals surface area contributed by atoms with E-state index >= 15 is 0 Å². The Morgan fingerprint density at radius 1 is 0.231 bits per heavy atom. The predicted octanol–water partition coefficient (Wildman–Crippen LogP) is 30.7. The van der Waals surface area contributed by atoms with Gasteiger partial charge in [-0.1, -0.05) is 404 Å². The predicted molar refractivity (Wildman–Crippen MR) is 509 cm³/mol. The van der Waals surface area contributed by atoms with Gasteiger partial charge in [-0.3, -0.25) is 32.5 Å². The summed E-state index contributed by atoms with van der Waals surface area (Å²) in [6, 6.07) is 0. The van der Waals surface area contributed by atoms with E-state index in [-0.39, 0.29) is 19.3 Å². The molecule has 698 valence electrons. The molecule has 5 atom stereocenters. The Morgan fingerprint density at radius 2 is 0.413 bits per heavy atom. The standard InChI is InChI=1S/C103H180O16P2/c1-4-7-10-13-16-19-22-25-28-31-34-37-39-41-43-45-47-48-50-52-53-55-57-60-62-65-68-71-74-77-80-83-86-89-101(106)113-92-98(104)93-115-120(109,110)116-94-99(105)95-117-121(111,112)118-97-100(119-103(108)91-88-85-82-79-76-73-70-67-64-59-36-33-30-27-24-21-18-15-12-9-6-3)96-114-102(107)90-87-84-81-78-75-72-69-66-63-61-58-56-54-51-49-46-44-42-40-38-35-32-29-26-23-20-17-14-11-8-5-2/h16-21,25-30,34-38,41-44,59,67,70,98-100,104-105H,4-15,22-24,31-33,39-40,45-58,60-66,68-69,71-97H2,1-3H3,(H,109,110)(H,111,112)/b19-16-,20-17-,21-18-,28-25-,29-26-,30-27-,37-34-,38-35-,43-41-,44-42-,59-36-,70-67-. The molecule has 121 heavy (non-hydrogen) atoms. The van der Waals surface area contributed by atoms with Crippen molar-refractivity contribution in [2.24, 2.45) is 0 Å². The van der Waals surface area contributed by atoms with Gasteiger partial charge in [-0.15, -0.1) is 0 Å². The van der Waals surface area contributed by atoms with Crippen molar-refractivity contribution in [3.8, 4) is 0 Å². The number of allylic oxidation sites excluding steroid dienone is 24. The molecule has 0 heterocycles. The first-order valence-electron chi connectivity index (χ1n) is 49.1. The highest BCUT2D eigenvalue weighted by Crippen LogP contribution is 2.45. The molecule has 0 aliphatic carbocycles. The quantitative estimate of drug-likeness (QED) is 0.0146. The van der Waals surface area contributed by atoms with E-state index in [1.165, 1.54) is 238 Å². The molecule has 0 radical (unpaired) electrons. The molecular weight excluding hydrogens is 1560 g/mol. The van der Waals surface area contributed by atoms with Crippen molar-refractivity contribution in [3.63, 3.8) is 0 Å². The SMILES string of the molecule is CCCCC/C=C\C/C=C\C/C=C\C/C=C\CCCCCCCCCCCCCCCCCCCC(=O)OCC(O)COP(=O)(O)OCC(O)COP(=O)(O)OCC(COC(=O)CCCCCCCCCCCCCCCCC/C=C\C/C=C\C/C=C\C/C=C\CCCCC)OC(=O)CCCCCCC/C=C\C/C=C\C/C=C\C/C=C\CCCCC. The maximum atomic E-state index is 13.1. The highest BCUT2D eigenvalue weighted by molar-refractivity contribution is 7.47. The van der Waals surface area contributed by atoms with Gasteiger partial charge in [0.05, 0.1) is 26.4 Å². The third-order valence-corrected chi connectivity index (χ3v) is 22.9. The average Bonchev–Trinajstić information content (AvgIpc) is 0.889. The molecule has 0 saturated heterocycles. The van der Waals surface area contributed by atoms with Crippen molar-refractivity contribution < 1.29 is 75.8 Å². The van der Waals surface area contributed by atoms with E-state index in [1.807, 2.05) is 0 Å². The number of phosphoric ester groups is 2. The normalized spacial score (nSPS) is 14.3. The summed E-state index contributed by atoms with van der Waals surface area (Å²) in [7, 11) is -9.82. The fourth-order valence-electron chi connectivity index (χ4n) is 13.5. The van der Waals surface area contributed by atoms with Crippen LogP contribution in [0.15, 0.2) is 146 Å². The highest BCUT2D eigenvalue weighted by Gasteiger charge is 2.30. The second-order valence-electron chi connectivity index (χ2n) is 32.9. The van der Waals surface area contributed by atoms with Crippen LogP contribution in [-0.2, 0) is 55.8 Å². The third kappa shape index (κ3) is 95.9. The maximum absolute atomic E-state index is 13.1. The second kappa shape index (κ2) is 94.6. The fraction of sp³-hybridized carbons (Fsp3) is 0.738. The lowest BCUT2D eigenvalue weighted by Gasteiger charge is -2.21. The summed E-state index contributed by atoms with van der Waals surface area (Å²) in [5.74, 6) is -1.58. The maximum Gasteiger partial charge on any atom is 0.472 e. The van der Waals surface area contributed by atoms with Gasteiger partial charge in [-0.2, -0.15) is 0 Å². The van der Waals surface area contributed by atoms with Crippen molar-refractivity contribution in [2.75, 3.05) is 39.6 Å². The van der Waals surface area contributed by atoms with E-state index in [2.05, 4.69) is 167 Å². The summed E-state index contributed by atoms with van der Waals surface area (Å²) in [6.07, 6.45) is 120. The Morgan fingerprint density at radius 3 is 0.653 bits per heavy atom. The van der Waals surface area contributed by atoms with Crippen LogP contribution in [-0.4, -0.2) is 95.9 Å². The minimum absolute atomic E-state index is 0.0820. The third-order valence-electron chi connectivity index (χ3n) is 21.0. The summed E-state index contributed by atoms with van der Waals surface area (Å²) in [6.45, 7) is 2.64. The molecule has 5 unspecified atom stereocenters. The average molecular weight is 1740 g/mol. The van der Waals surface area contributed by atoms with Gasteiger partial charge in [0.15, 0.2) is 6.10 Å². The molecule has 0 saturated carbocycles. The summed E-state index contributed by atoms with van der Waals surface area (Å²) < 4.78 is 61.6. The number of unbranched alkanes of at least 4 members (excludes halogenated alkanes) is 46. The van der Waals surface area contributed by atoms with Gasteiger partial charge in [0.2, 0.25) is 0 Å². The number of phosphoric acid groups is 2. The minimum atomic E-state index is -4.95. The van der Waals surface area contributed by atoms with Crippen LogP contribution in [0.3, 0.4) is 0 Å². The van der Waals surface area contributed by atoms with E-state index in [0.29, 0.717) is 19.3 Å². The number of aliphatic hydroxyl groups excluding tert-OH is 2. The molecule has 0 spiro atoms. The minimum Gasteiger partial charge on any atom is -0.463 e. The van der Waals surface area contributed by atoms with Gasteiger partial charge in [-0.25, -0.2) is 9.13 Å². The number of carbonyl (C=O) groups excluding carboxylic acids is 3. The Labute approximate surface area is 740 Å². The molecule has 0 aliphatic rings. The zero-order valence-corrected chi connectivity index (χ0v) is 79.0. The number of hydrogen-bond acceptors (Lipinski definition) is 14. The lowest BCUT2D eigenvalue weighted by atomic mass is 10.0. The molecule has 0 aromatic rings. The van der Waals surface area contributed by atoms with E-state index in [1.54, 1.807) is 0 Å². The van der Waals surface area contributed by atoms with Gasteiger partial charge < -0.3 is 34.2 Å². The van der Waals surface area contributed by atoms with Crippen LogP contribution in [0.4, 0.5) is 0 Å². The molecule has 16 nitrogen and oxygen atoms in total. The van der Waals surface area contributed by atoms with Crippen LogP contribution < -0.4 is 0 Å². The summed E-state index contributed by atoms with van der Waals surface area (Å²) in [4.78, 5) is 59.1. The van der Waals surface area contributed by atoms with Crippen LogP contribution in [0.25, 0.3) is 0 Å². The van der Waals surface area contributed by atoms with Crippen molar-refractivity contribution >= 4 is 33.6 Å². The molecule has 0 amide bonds. The van der Waals surface area contributed by atoms with Crippen molar-refractivity contribution in [1.82, 2.24) is 0 Å². The Kier molecular flexibility index (Phi) is 91.0. The Hall–Kier alpha value is -4.57. The molecule has 0 fully saturated rings. The Bertz CT molecular complexity index is 2780. The van der Waals surface area contributed by atoms with Crippen LogP contribution in [0, 0.1) is 0 Å². The van der Waals surface area contributed by atoms with Gasteiger partial charge >= 0.3 is 33.6 Å². The second-order valence-corrected chi connectivity index (χ2v) is 35.8. The van der Waals surface area contributed by atoms with E-state index < -0.39 is 91.5 Å². The first-order valence-corrected chi connectivity index (χ1v) is 52.1. The van der Waals surface area contributed by atoms with E-state index in [0.717, 1.165) is 135 Å². The smallest absolute Gasteiger partial charge is 0.463 e. The lowest BCUT2D eigenvalue weighted by Crippen LogP contribution is -2.30. The van der Waals surface area contributed by atoms with Gasteiger partial charge in [-0.05, 0) is 154 Å². The van der Waals surface area contributed by atoms with Crippen LogP contribution in [0.1, 0.15) is 432 Å². The number of carbonyl (C=O) groups is 3. The summed E-state index contributed by atoms with van der Waals surface area (Å²) in [5.41, 5.74) is 0. The van der Waals surface area contributed by atoms with Gasteiger partial charge in [0, 0.05) is 19.3 Å². The highest BCUT2D eigenvalue weighted by atomic mass is 31.2. The molecule has 0 rings (SSSR count). The van der Waals surface area contributed by atoms with E-state index in [9.17, 15) is 43.5 Å². The number of aliphatic hydroxyl groups is 2.